The maximum absolute atomic E-state index is 12.6. The standard InChI is InChI=1S/C20H21ClN4O/c1-4-25(12-19(26)22-18-11-15(21)10-9-13(18)2)20-17-8-6-5-7-16(17)14(3)23-24-20/h5-11H,4,12H2,1-3H3,(H,22,26). The first kappa shape index (κ1) is 18.1. The Morgan fingerprint density at radius 2 is 1.85 bits per heavy atom. The van der Waals surface area contributed by atoms with Crippen LogP contribution in [0, 0.1) is 13.8 Å². The molecule has 1 amide bonds. The number of nitrogens with zero attached hydrogens (tertiary/aromatic N) is 3. The summed E-state index contributed by atoms with van der Waals surface area (Å²) in [5.41, 5.74) is 2.56. The summed E-state index contributed by atoms with van der Waals surface area (Å²) in [6, 6.07) is 13.4. The summed E-state index contributed by atoms with van der Waals surface area (Å²) < 4.78 is 0. The van der Waals surface area contributed by atoms with Gasteiger partial charge in [0.2, 0.25) is 5.91 Å². The molecule has 0 saturated carbocycles. The number of aromatic nitrogens is 2. The average molecular weight is 369 g/mol. The topological polar surface area (TPSA) is 58.1 Å². The number of hydrogen-bond acceptors (Lipinski definition) is 4. The molecule has 3 rings (SSSR count). The fraction of sp³-hybridized carbons (Fsp3) is 0.250. The van der Waals surface area contributed by atoms with Gasteiger partial charge >= 0.3 is 0 Å². The van der Waals surface area contributed by atoms with E-state index in [9.17, 15) is 4.79 Å². The van der Waals surface area contributed by atoms with Gasteiger partial charge in [0.05, 0.1) is 12.2 Å². The third-order valence-electron chi connectivity index (χ3n) is 4.34. The van der Waals surface area contributed by atoms with Crippen molar-refractivity contribution in [3.8, 4) is 0 Å². The zero-order valence-corrected chi connectivity index (χ0v) is 15.8. The summed E-state index contributed by atoms with van der Waals surface area (Å²) in [6.45, 7) is 6.69. The van der Waals surface area contributed by atoms with Crippen molar-refractivity contribution in [1.82, 2.24) is 10.2 Å². The molecule has 0 saturated heterocycles. The van der Waals surface area contributed by atoms with E-state index in [1.165, 1.54) is 0 Å². The van der Waals surface area contributed by atoms with Crippen molar-refractivity contribution in [2.24, 2.45) is 0 Å². The Balaban J connectivity index is 1.85. The van der Waals surface area contributed by atoms with Gasteiger partial charge in [0, 0.05) is 28.0 Å². The van der Waals surface area contributed by atoms with Gasteiger partial charge in [0.15, 0.2) is 5.82 Å². The molecule has 0 atom stereocenters. The molecule has 5 nitrogen and oxygen atoms in total. The van der Waals surface area contributed by atoms with E-state index in [0.29, 0.717) is 17.4 Å². The molecule has 134 valence electrons. The number of fused-ring (bicyclic) bond motifs is 1. The highest BCUT2D eigenvalue weighted by molar-refractivity contribution is 6.31. The molecule has 0 aliphatic carbocycles. The fourth-order valence-corrected chi connectivity index (χ4v) is 3.06. The highest BCUT2D eigenvalue weighted by atomic mass is 35.5. The van der Waals surface area contributed by atoms with Gasteiger partial charge in [0.1, 0.15) is 0 Å². The number of hydrogen-bond donors (Lipinski definition) is 1. The molecule has 0 bridgehead atoms. The second kappa shape index (κ2) is 7.70. The number of amides is 1. The smallest absolute Gasteiger partial charge is 0.243 e. The number of benzene rings is 2. The Hall–Kier alpha value is -2.66. The number of rotatable bonds is 5. The summed E-state index contributed by atoms with van der Waals surface area (Å²) in [5.74, 6) is 0.593. The molecule has 0 spiro atoms. The molecular formula is C20H21ClN4O. The Morgan fingerprint density at radius 1 is 1.12 bits per heavy atom. The first-order chi connectivity index (χ1) is 12.5. The van der Waals surface area contributed by atoms with Crippen molar-refractivity contribution < 1.29 is 4.79 Å². The van der Waals surface area contributed by atoms with E-state index in [0.717, 1.165) is 27.7 Å². The van der Waals surface area contributed by atoms with Crippen LogP contribution >= 0.6 is 11.6 Å². The van der Waals surface area contributed by atoms with Gasteiger partial charge < -0.3 is 10.2 Å². The van der Waals surface area contributed by atoms with Crippen molar-refractivity contribution >= 4 is 39.8 Å². The van der Waals surface area contributed by atoms with Crippen molar-refractivity contribution in [3.05, 3.63) is 58.7 Å². The molecular weight excluding hydrogens is 348 g/mol. The predicted octanol–water partition coefficient (Wildman–Crippen LogP) is 4.37. The van der Waals surface area contributed by atoms with Gasteiger partial charge in [-0.1, -0.05) is 41.9 Å². The molecule has 2 aromatic carbocycles. The van der Waals surface area contributed by atoms with E-state index in [-0.39, 0.29) is 12.5 Å². The fourth-order valence-electron chi connectivity index (χ4n) is 2.89. The number of likely N-dealkylation sites (N-methyl/N-ethyl adjacent to an activating group) is 1. The van der Waals surface area contributed by atoms with E-state index in [1.54, 1.807) is 12.1 Å². The second-order valence-corrected chi connectivity index (χ2v) is 6.61. The van der Waals surface area contributed by atoms with E-state index < -0.39 is 0 Å². The maximum Gasteiger partial charge on any atom is 0.243 e. The van der Waals surface area contributed by atoms with E-state index in [4.69, 9.17) is 11.6 Å². The van der Waals surface area contributed by atoms with Crippen molar-refractivity contribution in [2.75, 3.05) is 23.3 Å². The monoisotopic (exact) mass is 368 g/mol. The minimum atomic E-state index is -0.122. The predicted molar refractivity (Wildman–Crippen MR) is 107 cm³/mol. The zero-order valence-electron chi connectivity index (χ0n) is 15.1. The lowest BCUT2D eigenvalue weighted by atomic mass is 10.1. The lowest BCUT2D eigenvalue weighted by Crippen LogP contribution is -2.34. The molecule has 0 aliphatic rings. The third-order valence-corrected chi connectivity index (χ3v) is 4.58. The zero-order chi connectivity index (χ0) is 18.7. The Labute approximate surface area is 158 Å². The van der Waals surface area contributed by atoms with Gasteiger partial charge in [-0.05, 0) is 38.5 Å². The van der Waals surface area contributed by atoms with Crippen LogP contribution in [0.3, 0.4) is 0 Å². The summed E-state index contributed by atoms with van der Waals surface area (Å²) in [4.78, 5) is 14.5. The van der Waals surface area contributed by atoms with Crippen LogP contribution in [-0.2, 0) is 4.79 Å². The highest BCUT2D eigenvalue weighted by Crippen LogP contribution is 2.25. The van der Waals surface area contributed by atoms with Gasteiger partial charge in [-0.25, -0.2) is 0 Å². The van der Waals surface area contributed by atoms with Crippen LogP contribution in [0.2, 0.25) is 5.02 Å². The van der Waals surface area contributed by atoms with Crippen LogP contribution in [0.15, 0.2) is 42.5 Å². The largest absolute Gasteiger partial charge is 0.346 e. The SMILES string of the molecule is CCN(CC(=O)Nc1cc(Cl)ccc1C)c1nnc(C)c2ccccc12. The lowest BCUT2D eigenvalue weighted by Gasteiger charge is -2.23. The van der Waals surface area contributed by atoms with Gasteiger partial charge in [-0.3, -0.25) is 4.79 Å². The van der Waals surface area contributed by atoms with E-state index in [1.807, 2.05) is 56.0 Å². The maximum atomic E-state index is 12.6. The molecule has 1 N–H and O–H groups in total. The molecule has 0 fully saturated rings. The van der Waals surface area contributed by atoms with Crippen LogP contribution in [0.25, 0.3) is 10.8 Å². The van der Waals surface area contributed by atoms with Crippen LogP contribution in [0.4, 0.5) is 11.5 Å². The molecule has 1 aromatic heterocycles. The summed E-state index contributed by atoms with van der Waals surface area (Å²) >= 11 is 6.03. The number of aryl methyl sites for hydroxylation is 2. The highest BCUT2D eigenvalue weighted by Gasteiger charge is 2.16. The number of carbonyl (C=O) groups excluding carboxylic acids is 1. The second-order valence-electron chi connectivity index (χ2n) is 6.18. The van der Waals surface area contributed by atoms with Crippen LogP contribution in [-0.4, -0.2) is 29.2 Å². The molecule has 0 aliphatic heterocycles. The van der Waals surface area contributed by atoms with Crippen LogP contribution in [0.5, 0.6) is 0 Å². The van der Waals surface area contributed by atoms with Crippen molar-refractivity contribution in [2.45, 2.75) is 20.8 Å². The molecule has 26 heavy (non-hydrogen) atoms. The summed E-state index contributed by atoms with van der Waals surface area (Å²) in [5, 5.41) is 14.2. The lowest BCUT2D eigenvalue weighted by molar-refractivity contribution is -0.115. The Morgan fingerprint density at radius 3 is 2.58 bits per heavy atom. The minimum absolute atomic E-state index is 0.122. The Kier molecular flexibility index (Phi) is 5.38. The normalized spacial score (nSPS) is 10.8. The van der Waals surface area contributed by atoms with Gasteiger partial charge in [-0.2, -0.15) is 5.10 Å². The molecule has 3 aromatic rings. The van der Waals surface area contributed by atoms with Crippen molar-refractivity contribution in [1.29, 1.82) is 0 Å². The van der Waals surface area contributed by atoms with Gasteiger partial charge in [0.25, 0.3) is 0 Å². The summed E-state index contributed by atoms with van der Waals surface area (Å²) in [7, 11) is 0. The third kappa shape index (κ3) is 3.78. The van der Waals surface area contributed by atoms with E-state index >= 15 is 0 Å². The quantitative estimate of drug-likeness (QED) is 0.726. The average Bonchev–Trinajstić information content (AvgIpc) is 2.64. The first-order valence-corrected chi connectivity index (χ1v) is 8.90. The molecule has 0 unspecified atom stereocenters. The molecule has 1 heterocycles. The number of halogens is 1. The number of carbonyl (C=O) groups is 1. The van der Waals surface area contributed by atoms with Crippen LogP contribution in [0.1, 0.15) is 18.2 Å². The van der Waals surface area contributed by atoms with Gasteiger partial charge in [-0.15, -0.1) is 5.10 Å². The molecule has 6 heteroatoms. The summed E-state index contributed by atoms with van der Waals surface area (Å²) in [6.07, 6.45) is 0. The molecule has 0 radical (unpaired) electrons. The van der Waals surface area contributed by atoms with E-state index in [2.05, 4.69) is 15.5 Å². The Bertz CT molecular complexity index is 958. The first-order valence-electron chi connectivity index (χ1n) is 8.52. The number of anilines is 2. The minimum Gasteiger partial charge on any atom is -0.346 e. The van der Waals surface area contributed by atoms with Crippen LogP contribution < -0.4 is 10.2 Å². The van der Waals surface area contributed by atoms with Crippen molar-refractivity contribution in [3.63, 3.8) is 0 Å². The number of nitrogens with one attached hydrogen (secondary N) is 1.